The van der Waals surface area contributed by atoms with Crippen LogP contribution in [0.3, 0.4) is 0 Å². The van der Waals surface area contributed by atoms with Gasteiger partial charge in [-0.2, -0.15) is 4.31 Å². The predicted molar refractivity (Wildman–Crippen MR) is 118 cm³/mol. The van der Waals surface area contributed by atoms with E-state index in [1.165, 1.54) is 5.56 Å². The Labute approximate surface area is 172 Å². The summed E-state index contributed by atoms with van der Waals surface area (Å²) < 4.78 is 27.6. The molecule has 0 radical (unpaired) electrons. The van der Waals surface area contributed by atoms with Gasteiger partial charge in [-0.05, 0) is 61.1 Å². The van der Waals surface area contributed by atoms with E-state index in [-0.39, 0.29) is 0 Å². The van der Waals surface area contributed by atoms with Crippen molar-refractivity contribution < 1.29 is 8.42 Å². The van der Waals surface area contributed by atoms with E-state index < -0.39 is 10.0 Å². The highest BCUT2D eigenvalue weighted by molar-refractivity contribution is 7.89. The van der Waals surface area contributed by atoms with Gasteiger partial charge in [0.25, 0.3) is 0 Å². The molecule has 1 fully saturated rings. The molecule has 1 saturated heterocycles. The number of hydrogen-bond acceptors (Lipinski definition) is 4. The van der Waals surface area contributed by atoms with E-state index in [0.29, 0.717) is 23.9 Å². The number of sulfonamides is 1. The standard InChI is InChI=1S/C23H27N3O2S/c1-18-12-15-26(16-13-18)29(27,28)21-8-9-22-20(17-21)7-10-23(25-22)24-14-11-19-5-3-2-4-6-19/h2-10,17-18H,11-16H2,1H3,(H,24,25). The van der Waals surface area contributed by atoms with Crippen molar-refractivity contribution in [3.05, 3.63) is 66.2 Å². The number of benzene rings is 2. The lowest BCUT2D eigenvalue weighted by Gasteiger charge is -2.29. The molecule has 29 heavy (non-hydrogen) atoms. The highest BCUT2D eigenvalue weighted by Gasteiger charge is 2.28. The molecule has 0 atom stereocenters. The average molecular weight is 410 g/mol. The van der Waals surface area contributed by atoms with Crippen LogP contribution < -0.4 is 5.32 Å². The molecule has 152 valence electrons. The Balaban J connectivity index is 1.46. The van der Waals surface area contributed by atoms with Crippen molar-refractivity contribution in [2.24, 2.45) is 5.92 Å². The zero-order chi connectivity index (χ0) is 20.3. The third kappa shape index (κ3) is 4.60. The van der Waals surface area contributed by atoms with Crippen LogP contribution in [0.4, 0.5) is 5.82 Å². The summed E-state index contributed by atoms with van der Waals surface area (Å²) in [5.41, 5.74) is 2.07. The molecule has 4 rings (SSSR count). The van der Waals surface area contributed by atoms with E-state index in [0.717, 1.165) is 42.5 Å². The highest BCUT2D eigenvalue weighted by atomic mass is 32.2. The van der Waals surface area contributed by atoms with Gasteiger partial charge >= 0.3 is 0 Å². The summed E-state index contributed by atoms with van der Waals surface area (Å²) in [7, 11) is -3.44. The molecule has 0 spiro atoms. The molecular formula is C23H27N3O2S. The van der Waals surface area contributed by atoms with Crippen LogP contribution in [0.25, 0.3) is 10.9 Å². The van der Waals surface area contributed by atoms with Crippen LogP contribution in [0.15, 0.2) is 65.6 Å². The number of anilines is 1. The number of fused-ring (bicyclic) bond motifs is 1. The van der Waals surface area contributed by atoms with Crippen molar-refractivity contribution in [2.45, 2.75) is 31.1 Å². The first-order chi connectivity index (χ1) is 14.0. The largest absolute Gasteiger partial charge is 0.370 e. The normalized spacial score (nSPS) is 16.2. The fraction of sp³-hybridized carbons (Fsp3) is 0.348. The van der Waals surface area contributed by atoms with Gasteiger partial charge in [-0.1, -0.05) is 37.3 Å². The van der Waals surface area contributed by atoms with Gasteiger partial charge in [0, 0.05) is 25.0 Å². The number of nitrogens with zero attached hydrogens (tertiary/aromatic N) is 2. The Hall–Kier alpha value is -2.44. The minimum atomic E-state index is -3.44. The lowest BCUT2D eigenvalue weighted by atomic mass is 10.0. The van der Waals surface area contributed by atoms with Crippen molar-refractivity contribution in [3.63, 3.8) is 0 Å². The first kappa shape index (κ1) is 19.9. The van der Waals surface area contributed by atoms with Gasteiger partial charge in [0.1, 0.15) is 5.82 Å². The first-order valence-corrected chi connectivity index (χ1v) is 11.7. The summed E-state index contributed by atoms with van der Waals surface area (Å²) in [6, 6.07) is 19.4. The van der Waals surface area contributed by atoms with Crippen molar-refractivity contribution in [2.75, 3.05) is 25.0 Å². The molecule has 1 aromatic heterocycles. The molecular weight excluding hydrogens is 382 g/mol. The van der Waals surface area contributed by atoms with Crippen molar-refractivity contribution in [1.29, 1.82) is 0 Å². The third-order valence-corrected chi connectivity index (χ3v) is 7.50. The van der Waals surface area contributed by atoms with Gasteiger partial charge in [-0.3, -0.25) is 0 Å². The van der Waals surface area contributed by atoms with Crippen LogP contribution in [-0.4, -0.2) is 37.3 Å². The lowest BCUT2D eigenvalue weighted by molar-refractivity contribution is 0.288. The number of nitrogens with one attached hydrogen (secondary N) is 1. The molecule has 0 aliphatic carbocycles. The van der Waals surface area contributed by atoms with E-state index in [4.69, 9.17) is 0 Å². The lowest BCUT2D eigenvalue weighted by Crippen LogP contribution is -2.37. The van der Waals surface area contributed by atoms with Gasteiger partial charge in [0.05, 0.1) is 10.4 Å². The van der Waals surface area contributed by atoms with E-state index in [1.807, 2.05) is 30.3 Å². The summed E-state index contributed by atoms with van der Waals surface area (Å²) >= 11 is 0. The van der Waals surface area contributed by atoms with Crippen LogP contribution in [0.1, 0.15) is 25.3 Å². The van der Waals surface area contributed by atoms with Gasteiger partial charge in [0.2, 0.25) is 10.0 Å². The second-order valence-electron chi connectivity index (χ2n) is 7.80. The minimum absolute atomic E-state index is 0.353. The number of aromatic nitrogens is 1. The zero-order valence-electron chi connectivity index (χ0n) is 16.7. The average Bonchev–Trinajstić information content (AvgIpc) is 2.74. The highest BCUT2D eigenvalue weighted by Crippen LogP contribution is 2.26. The molecule has 0 bridgehead atoms. The second-order valence-corrected chi connectivity index (χ2v) is 9.74. The zero-order valence-corrected chi connectivity index (χ0v) is 17.5. The Bertz CT molecular complexity index is 1080. The fourth-order valence-electron chi connectivity index (χ4n) is 3.72. The van der Waals surface area contributed by atoms with Crippen molar-refractivity contribution in [3.8, 4) is 0 Å². The van der Waals surface area contributed by atoms with Gasteiger partial charge < -0.3 is 5.32 Å². The molecule has 6 heteroatoms. The molecule has 0 unspecified atom stereocenters. The summed E-state index contributed by atoms with van der Waals surface area (Å²) in [5.74, 6) is 1.39. The van der Waals surface area contributed by atoms with Crippen molar-refractivity contribution in [1.82, 2.24) is 9.29 Å². The Kier molecular flexibility index (Phi) is 5.83. The van der Waals surface area contributed by atoms with E-state index >= 15 is 0 Å². The van der Waals surface area contributed by atoms with Crippen molar-refractivity contribution >= 4 is 26.7 Å². The fourth-order valence-corrected chi connectivity index (χ4v) is 5.22. The van der Waals surface area contributed by atoms with Gasteiger partial charge in [0.15, 0.2) is 0 Å². The number of hydrogen-bond donors (Lipinski definition) is 1. The molecule has 1 aliphatic heterocycles. The Morgan fingerprint density at radius 2 is 1.79 bits per heavy atom. The first-order valence-electron chi connectivity index (χ1n) is 10.2. The number of rotatable bonds is 6. The Morgan fingerprint density at radius 3 is 2.55 bits per heavy atom. The second kappa shape index (κ2) is 8.51. The number of piperidine rings is 1. The molecule has 1 aliphatic rings. The SMILES string of the molecule is CC1CCN(S(=O)(=O)c2ccc3nc(NCCc4ccccc4)ccc3c2)CC1. The Morgan fingerprint density at radius 1 is 1.03 bits per heavy atom. The van der Waals surface area contributed by atoms with E-state index in [2.05, 4.69) is 29.4 Å². The molecule has 2 heterocycles. The molecule has 3 aromatic rings. The smallest absolute Gasteiger partial charge is 0.243 e. The van der Waals surface area contributed by atoms with Crippen LogP contribution >= 0.6 is 0 Å². The monoisotopic (exact) mass is 409 g/mol. The molecule has 0 amide bonds. The molecule has 1 N–H and O–H groups in total. The summed E-state index contributed by atoms with van der Waals surface area (Å²) in [6.45, 7) is 4.17. The summed E-state index contributed by atoms with van der Waals surface area (Å²) in [6.07, 6.45) is 2.77. The summed E-state index contributed by atoms with van der Waals surface area (Å²) in [4.78, 5) is 4.99. The minimum Gasteiger partial charge on any atom is -0.370 e. The van der Waals surface area contributed by atoms with E-state index in [1.54, 1.807) is 22.5 Å². The predicted octanol–water partition coefficient (Wildman–Crippen LogP) is 4.31. The summed E-state index contributed by atoms with van der Waals surface area (Å²) in [5, 5.41) is 4.19. The maximum Gasteiger partial charge on any atom is 0.243 e. The van der Waals surface area contributed by atoms with E-state index in [9.17, 15) is 8.42 Å². The number of pyridine rings is 1. The quantitative estimate of drug-likeness (QED) is 0.659. The molecule has 0 saturated carbocycles. The third-order valence-electron chi connectivity index (χ3n) is 5.60. The maximum atomic E-state index is 13.0. The maximum absolute atomic E-state index is 13.0. The molecule has 5 nitrogen and oxygen atoms in total. The van der Waals surface area contributed by atoms with Gasteiger partial charge in [-0.25, -0.2) is 13.4 Å². The van der Waals surface area contributed by atoms with Crippen LogP contribution in [-0.2, 0) is 16.4 Å². The van der Waals surface area contributed by atoms with Crippen LogP contribution in [0.2, 0.25) is 0 Å². The van der Waals surface area contributed by atoms with Gasteiger partial charge in [-0.15, -0.1) is 0 Å². The van der Waals surface area contributed by atoms with Crippen LogP contribution in [0, 0.1) is 5.92 Å². The molecule has 2 aromatic carbocycles. The topological polar surface area (TPSA) is 62.3 Å². The van der Waals surface area contributed by atoms with Crippen LogP contribution in [0.5, 0.6) is 0 Å².